The van der Waals surface area contributed by atoms with Gasteiger partial charge in [-0.2, -0.15) is 5.26 Å². The van der Waals surface area contributed by atoms with Gasteiger partial charge in [-0.05, 0) is 36.4 Å². The summed E-state index contributed by atoms with van der Waals surface area (Å²) in [6.07, 6.45) is 0. The fraction of sp³-hybridized carbons (Fsp3) is 0. The molecule has 5 nitrogen and oxygen atoms in total. The van der Waals surface area contributed by atoms with Gasteiger partial charge in [0.25, 0.3) is 5.91 Å². The monoisotopic (exact) mass is 266 g/mol. The van der Waals surface area contributed by atoms with Crippen molar-refractivity contribution in [1.29, 1.82) is 5.26 Å². The summed E-state index contributed by atoms with van der Waals surface area (Å²) in [6, 6.07) is 14.2. The minimum absolute atomic E-state index is 0.110. The van der Waals surface area contributed by atoms with Gasteiger partial charge in [0.15, 0.2) is 0 Å². The van der Waals surface area contributed by atoms with Gasteiger partial charge in [0.2, 0.25) is 0 Å². The number of nitrogens with one attached hydrogen (secondary N) is 1. The van der Waals surface area contributed by atoms with Crippen LogP contribution < -0.4 is 5.32 Å². The fourth-order valence-corrected chi connectivity index (χ4v) is 1.65. The summed E-state index contributed by atoms with van der Waals surface area (Å²) in [5, 5.41) is 20.3. The maximum absolute atomic E-state index is 12.0. The molecule has 0 aliphatic heterocycles. The summed E-state index contributed by atoms with van der Waals surface area (Å²) >= 11 is 0. The highest BCUT2D eigenvalue weighted by Gasteiger charge is 2.10. The zero-order valence-corrected chi connectivity index (χ0v) is 10.3. The highest BCUT2D eigenvalue weighted by Crippen LogP contribution is 2.15. The number of hydrogen-bond acceptors (Lipinski definition) is 3. The number of carbonyl (C=O) groups is 2. The Morgan fingerprint density at radius 3 is 2.20 bits per heavy atom. The second-order valence-electron chi connectivity index (χ2n) is 3.99. The summed E-state index contributed by atoms with van der Waals surface area (Å²) in [5.74, 6) is -1.45. The number of nitrogens with zero attached hydrogens (tertiary/aromatic N) is 1. The molecule has 0 atom stereocenters. The number of benzene rings is 2. The van der Waals surface area contributed by atoms with Crippen molar-refractivity contribution in [3.63, 3.8) is 0 Å². The lowest BCUT2D eigenvalue weighted by Gasteiger charge is -2.06. The second-order valence-corrected chi connectivity index (χ2v) is 3.99. The van der Waals surface area contributed by atoms with Crippen molar-refractivity contribution in [3.8, 4) is 6.07 Å². The van der Waals surface area contributed by atoms with Gasteiger partial charge in [-0.1, -0.05) is 12.1 Å². The molecule has 0 spiro atoms. The summed E-state index contributed by atoms with van der Waals surface area (Å²) in [5.41, 5.74) is 1.21. The van der Waals surface area contributed by atoms with E-state index < -0.39 is 11.9 Å². The quantitative estimate of drug-likeness (QED) is 0.893. The van der Waals surface area contributed by atoms with Crippen LogP contribution in [0.2, 0.25) is 0 Å². The number of carboxylic acid groups (broad SMARTS) is 1. The van der Waals surface area contributed by atoms with Crippen molar-refractivity contribution in [2.45, 2.75) is 0 Å². The van der Waals surface area contributed by atoms with Crippen molar-refractivity contribution >= 4 is 17.6 Å². The average molecular weight is 266 g/mol. The molecule has 2 N–H and O–H groups in total. The van der Waals surface area contributed by atoms with E-state index in [9.17, 15) is 9.59 Å². The maximum Gasteiger partial charge on any atom is 0.335 e. The van der Waals surface area contributed by atoms with E-state index in [1.54, 1.807) is 24.3 Å². The number of nitriles is 1. The van der Waals surface area contributed by atoms with Crippen LogP contribution in [0.5, 0.6) is 0 Å². The molecule has 0 bridgehead atoms. The molecular formula is C15H10N2O3. The largest absolute Gasteiger partial charge is 0.478 e. The minimum atomic E-state index is -1.05. The molecule has 0 saturated carbocycles. The highest BCUT2D eigenvalue weighted by atomic mass is 16.4. The van der Waals surface area contributed by atoms with Crippen molar-refractivity contribution in [1.82, 2.24) is 0 Å². The molecule has 0 heterocycles. The van der Waals surface area contributed by atoms with Crippen LogP contribution in [-0.4, -0.2) is 17.0 Å². The highest BCUT2D eigenvalue weighted by molar-refractivity contribution is 6.05. The van der Waals surface area contributed by atoms with E-state index in [-0.39, 0.29) is 5.56 Å². The normalized spacial score (nSPS) is 9.55. The first-order chi connectivity index (χ1) is 9.61. The van der Waals surface area contributed by atoms with E-state index in [4.69, 9.17) is 10.4 Å². The molecule has 0 fully saturated rings. The molecule has 2 rings (SSSR count). The number of para-hydroxylation sites is 1. The van der Waals surface area contributed by atoms with Gasteiger partial charge < -0.3 is 10.4 Å². The Morgan fingerprint density at radius 1 is 1.00 bits per heavy atom. The molecule has 2 aromatic carbocycles. The lowest BCUT2D eigenvalue weighted by molar-refractivity contribution is 0.0696. The number of carbonyl (C=O) groups excluding carboxylic acids is 1. The Hall–Kier alpha value is -3.13. The topological polar surface area (TPSA) is 90.2 Å². The number of rotatable bonds is 3. The molecule has 0 aliphatic rings. The third-order valence-corrected chi connectivity index (χ3v) is 2.69. The van der Waals surface area contributed by atoms with E-state index in [0.29, 0.717) is 16.8 Å². The molecule has 2 aromatic rings. The Morgan fingerprint density at radius 2 is 1.60 bits per heavy atom. The van der Waals surface area contributed by atoms with Gasteiger partial charge in [0.05, 0.1) is 16.8 Å². The molecule has 0 aliphatic carbocycles. The van der Waals surface area contributed by atoms with Crippen LogP contribution in [0.25, 0.3) is 0 Å². The zero-order valence-electron chi connectivity index (χ0n) is 10.3. The first kappa shape index (κ1) is 13.3. The maximum atomic E-state index is 12.0. The first-order valence-electron chi connectivity index (χ1n) is 5.75. The SMILES string of the molecule is N#Cc1ccccc1NC(=O)c1ccc(C(=O)O)cc1. The molecule has 98 valence electrons. The van der Waals surface area contributed by atoms with Gasteiger partial charge in [0, 0.05) is 5.56 Å². The third-order valence-electron chi connectivity index (χ3n) is 2.69. The Bertz CT molecular complexity index is 700. The predicted molar refractivity (Wildman–Crippen MR) is 72.5 cm³/mol. The van der Waals surface area contributed by atoms with Crippen molar-refractivity contribution in [2.24, 2.45) is 0 Å². The third kappa shape index (κ3) is 2.82. The van der Waals surface area contributed by atoms with Crippen LogP contribution >= 0.6 is 0 Å². The van der Waals surface area contributed by atoms with Gasteiger partial charge >= 0.3 is 5.97 Å². The molecule has 0 radical (unpaired) electrons. The summed E-state index contributed by atoms with van der Waals surface area (Å²) in [6.45, 7) is 0. The van der Waals surface area contributed by atoms with Crippen molar-refractivity contribution in [3.05, 3.63) is 65.2 Å². The van der Waals surface area contributed by atoms with Crippen LogP contribution in [0.3, 0.4) is 0 Å². The van der Waals surface area contributed by atoms with Crippen LogP contribution in [0.4, 0.5) is 5.69 Å². The lowest BCUT2D eigenvalue weighted by atomic mass is 10.1. The first-order valence-corrected chi connectivity index (χ1v) is 5.75. The molecular weight excluding hydrogens is 256 g/mol. The molecule has 20 heavy (non-hydrogen) atoms. The smallest absolute Gasteiger partial charge is 0.335 e. The molecule has 5 heteroatoms. The van der Waals surface area contributed by atoms with E-state index in [0.717, 1.165) is 0 Å². The van der Waals surface area contributed by atoms with Crippen molar-refractivity contribution < 1.29 is 14.7 Å². The van der Waals surface area contributed by atoms with Crippen LogP contribution in [0.15, 0.2) is 48.5 Å². The van der Waals surface area contributed by atoms with E-state index in [1.807, 2.05) is 6.07 Å². The van der Waals surface area contributed by atoms with Gasteiger partial charge in [-0.25, -0.2) is 4.79 Å². The number of amides is 1. The minimum Gasteiger partial charge on any atom is -0.478 e. The lowest BCUT2D eigenvalue weighted by Crippen LogP contribution is -2.13. The van der Waals surface area contributed by atoms with Gasteiger partial charge in [-0.15, -0.1) is 0 Å². The molecule has 0 saturated heterocycles. The van der Waals surface area contributed by atoms with Crippen molar-refractivity contribution in [2.75, 3.05) is 5.32 Å². The van der Waals surface area contributed by atoms with Crippen LogP contribution in [0.1, 0.15) is 26.3 Å². The van der Waals surface area contributed by atoms with Gasteiger partial charge in [-0.3, -0.25) is 4.79 Å². The Balaban J connectivity index is 2.20. The second kappa shape index (κ2) is 5.67. The van der Waals surface area contributed by atoms with Crippen LogP contribution in [-0.2, 0) is 0 Å². The molecule has 0 unspecified atom stereocenters. The molecule has 1 amide bonds. The van der Waals surface area contributed by atoms with Gasteiger partial charge in [0.1, 0.15) is 6.07 Å². The van der Waals surface area contributed by atoms with Crippen LogP contribution in [0, 0.1) is 11.3 Å². The summed E-state index contributed by atoms with van der Waals surface area (Å²) in [4.78, 5) is 22.7. The Kier molecular flexibility index (Phi) is 3.77. The standard InChI is InChI=1S/C15H10N2O3/c16-9-12-3-1-2-4-13(12)17-14(18)10-5-7-11(8-6-10)15(19)20/h1-8H,(H,17,18)(H,19,20). The Labute approximate surface area is 115 Å². The van der Waals surface area contributed by atoms with E-state index in [2.05, 4.69) is 5.32 Å². The number of carboxylic acids is 1. The summed E-state index contributed by atoms with van der Waals surface area (Å²) < 4.78 is 0. The predicted octanol–water partition coefficient (Wildman–Crippen LogP) is 2.51. The zero-order chi connectivity index (χ0) is 14.5. The summed E-state index contributed by atoms with van der Waals surface area (Å²) in [7, 11) is 0. The number of anilines is 1. The van der Waals surface area contributed by atoms with E-state index in [1.165, 1.54) is 24.3 Å². The van der Waals surface area contributed by atoms with E-state index >= 15 is 0 Å². The average Bonchev–Trinajstić information content (AvgIpc) is 2.48. The number of hydrogen-bond donors (Lipinski definition) is 2. The fourth-order valence-electron chi connectivity index (χ4n) is 1.65. The number of aromatic carboxylic acids is 1. The molecule has 0 aromatic heterocycles.